The van der Waals surface area contributed by atoms with Gasteiger partial charge in [-0.3, -0.25) is 48.8 Å². The molecular weight excluding hydrogens is 877 g/mol. The number of methoxy groups -OCH3 is 1. The van der Waals surface area contributed by atoms with E-state index in [1.807, 2.05) is 11.0 Å². The Morgan fingerprint density at radius 1 is 0.969 bits per heavy atom. The molecule has 4 aliphatic rings. The van der Waals surface area contributed by atoms with Crippen molar-refractivity contribution < 1.29 is 37.9 Å². The van der Waals surface area contributed by atoms with Crippen LogP contribution in [0.25, 0.3) is 10.9 Å². The van der Waals surface area contributed by atoms with Gasteiger partial charge in [-0.1, -0.05) is 23.7 Å². The Labute approximate surface area is 384 Å². The normalized spacial score (nSPS) is 18.7. The van der Waals surface area contributed by atoms with Crippen LogP contribution in [-0.4, -0.2) is 136 Å². The van der Waals surface area contributed by atoms with Gasteiger partial charge in [0, 0.05) is 79.7 Å². The minimum absolute atomic E-state index is 0.0257. The molecular formula is C46H49ClFN9O7S. The monoisotopic (exact) mass is 925 g/mol. The first-order valence-electron chi connectivity index (χ1n) is 21.7. The van der Waals surface area contributed by atoms with Crippen molar-refractivity contribution in [1.29, 1.82) is 0 Å². The Kier molecular flexibility index (Phi) is 14.4. The zero-order valence-electron chi connectivity index (χ0n) is 35.8. The van der Waals surface area contributed by atoms with Crippen molar-refractivity contribution in [3.8, 4) is 5.75 Å². The van der Waals surface area contributed by atoms with Crippen LogP contribution in [-0.2, 0) is 19.2 Å². The summed E-state index contributed by atoms with van der Waals surface area (Å²) in [6.45, 7) is 5.47. The maximum absolute atomic E-state index is 13.7. The molecule has 3 saturated heterocycles. The van der Waals surface area contributed by atoms with Gasteiger partial charge in [0.1, 0.15) is 29.8 Å². The molecule has 3 N–H and O–H groups in total. The average Bonchev–Trinajstić information content (AvgIpc) is 3.56. The second kappa shape index (κ2) is 20.5. The van der Waals surface area contributed by atoms with Crippen LogP contribution in [0.1, 0.15) is 65.7 Å². The first-order valence-corrected chi connectivity index (χ1v) is 23.1. The number of piperidine rings is 2. The number of ether oxygens (including phenoxy) is 1. The van der Waals surface area contributed by atoms with Crippen molar-refractivity contribution in [1.82, 2.24) is 34.9 Å². The predicted molar refractivity (Wildman–Crippen MR) is 244 cm³/mol. The van der Waals surface area contributed by atoms with Gasteiger partial charge in [0.15, 0.2) is 0 Å². The van der Waals surface area contributed by atoms with Gasteiger partial charge < -0.3 is 20.3 Å². The quantitative estimate of drug-likeness (QED) is 0.0576. The highest BCUT2D eigenvalue weighted by Crippen LogP contribution is 2.36. The van der Waals surface area contributed by atoms with Crippen molar-refractivity contribution in [2.24, 2.45) is 0 Å². The van der Waals surface area contributed by atoms with Gasteiger partial charge in [-0.2, -0.15) is 0 Å². The van der Waals surface area contributed by atoms with Gasteiger partial charge in [-0.25, -0.2) is 14.4 Å². The van der Waals surface area contributed by atoms with E-state index >= 15 is 0 Å². The molecule has 1 atom stereocenters. The fourth-order valence-electron chi connectivity index (χ4n) is 8.77. The fourth-order valence-corrected chi connectivity index (χ4v) is 10.0. The average molecular weight is 926 g/mol. The number of anilines is 3. The first kappa shape index (κ1) is 45.6. The number of carbonyl (C=O) groups excluding carboxylic acids is 6. The highest BCUT2D eigenvalue weighted by molar-refractivity contribution is 7.99. The fraction of sp³-hybridized carbons (Fsp3) is 0.391. The number of aromatic nitrogens is 2. The van der Waals surface area contributed by atoms with Gasteiger partial charge in [0.25, 0.3) is 11.8 Å². The van der Waals surface area contributed by atoms with Crippen LogP contribution in [0.2, 0.25) is 5.02 Å². The summed E-state index contributed by atoms with van der Waals surface area (Å²) in [6.07, 6.45) is 8.85. The van der Waals surface area contributed by atoms with Gasteiger partial charge in [-0.05, 0) is 87.3 Å². The number of likely N-dealkylation sites (tertiary alicyclic amines) is 1. The van der Waals surface area contributed by atoms with Gasteiger partial charge in [-0.15, -0.1) is 11.8 Å². The number of carbonyl (C=O) groups is 6. The van der Waals surface area contributed by atoms with Crippen molar-refractivity contribution in [3.63, 3.8) is 0 Å². The molecule has 16 nitrogen and oxygen atoms in total. The number of nitrogens with zero attached hydrogens (tertiary/aromatic N) is 6. The second-order valence-corrected chi connectivity index (χ2v) is 17.9. The number of halogens is 2. The summed E-state index contributed by atoms with van der Waals surface area (Å²) in [4.78, 5) is 93.9. The molecule has 0 radical (unpaired) electrons. The number of amides is 6. The van der Waals surface area contributed by atoms with Crippen LogP contribution in [0.15, 0.2) is 71.9 Å². The number of fused-ring (bicyclic) bond motifs is 2. The van der Waals surface area contributed by atoms with Crippen molar-refractivity contribution >= 4 is 86.9 Å². The lowest BCUT2D eigenvalue weighted by molar-refractivity contribution is -0.136. The molecule has 340 valence electrons. The molecule has 6 amide bonds. The zero-order valence-corrected chi connectivity index (χ0v) is 37.4. The lowest BCUT2D eigenvalue weighted by Crippen LogP contribution is -2.54. The van der Waals surface area contributed by atoms with Gasteiger partial charge in [0.05, 0.1) is 34.5 Å². The van der Waals surface area contributed by atoms with Crippen molar-refractivity contribution in [2.45, 2.75) is 61.9 Å². The topological polar surface area (TPSA) is 186 Å². The molecule has 3 fully saturated rings. The summed E-state index contributed by atoms with van der Waals surface area (Å²) in [5, 5.41) is 8.87. The number of hydrogen-bond acceptors (Lipinski definition) is 13. The summed E-state index contributed by atoms with van der Waals surface area (Å²) in [6, 6.07) is 12.3. The van der Waals surface area contributed by atoms with Crippen LogP contribution in [0.3, 0.4) is 0 Å². The van der Waals surface area contributed by atoms with Crippen LogP contribution >= 0.6 is 23.4 Å². The Morgan fingerprint density at radius 2 is 1.77 bits per heavy atom. The summed E-state index contributed by atoms with van der Waals surface area (Å²) in [5.41, 5.74) is 2.12. The van der Waals surface area contributed by atoms with E-state index in [9.17, 15) is 33.2 Å². The lowest BCUT2D eigenvalue weighted by atomic mass is 10.0. The van der Waals surface area contributed by atoms with E-state index in [-0.39, 0.29) is 35.2 Å². The molecule has 1 unspecified atom stereocenters. The highest BCUT2D eigenvalue weighted by atomic mass is 35.5. The highest BCUT2D eigenvalue weighted by Gasteiger charge is 2.45. The number of imide groups is 2. The third-order valence-corrected chi connectivity index (χ3v) is 13.7. The molecule has 1 aromatic heterocycles. The van der Waals surface area contributed by atoms with Crippen molar-refractivity contribution in [2.75, 3.05) is 69.3 Å². The van der Waals surface area contributed by atoms with Crippen molar-refractivity contribution in [3.05, 3.63) is 89.0 Å². The number of piperazine rings is 1. The predicted octanol–water partition coefficient (Wildman–Crippen LogP) is 5.64. The van der Waals surface area contributed by atoms with E-state index in [1.54, 1.807) is 36.4 Å². The third-order valence-electron chi connectivity index (χ3n) is 12.2. The minimum atomic E-state index is -1.01. The summed E-state index contributed by atoms with van der Waals surface area (Å²) < 4.78 is 19.3. The van der Waals surface area contributed by atoms with Crippen LogP contribution < -0.4 is 20.7 Å². The number of benzene rings is 3. The third kappa shape index (κ3) is 10.5. The largest absolute Gasteiger partial charge is 0.494 e. The maximum Gasteiger partial charge on any atom is 0.263 e. The summed E-state index contributed by atoms with van der Waals surface area (Å²) >= 11 is 7.43. The molecule has 0 bridgehead atoms. The molecule has 4 aromatic rings. The Bertz CT molecular complexity index is 2550. The molecule has 4 aliphatic heterocycles. The number of hydrogen-bond donors (Lipinski definition) is 3. The molecule has 3 aromatic carbocycles. The number of thioether (sulfide) groups is 1. The Hall–Kier alpha value is -5.95. The van der Waals surface area contributed by atoms with Gasteiger partial charge >= 0.3 is 0 Å². The Balaban J connectivity index is 0.734. The number of nitrogens with one attached hydrogen (secondary N) is 3. The first-order chi connectivity index (χ1) is 31.5. The summed E-state index contributed by atoms with van der Waals surface area (Å²) in [5.74, 6) is -1.24. The molecule has 65 heavy (non-hydrogen) atoms. The summed E-state index contributed by atoms with van der Waals surface area (Å²) in [7, 11) is 1.51. The molecule has 0 spiro atoms. The Morgan fingerprint density at radius 3 is 2.52 bits per heavy atom. The maximum atomic E-state index is 13.7. The van der Waals surface area contributed by atoms with E-state index in [4.69, 9.17) is 16.3 Å². The molecule has 0 saturated carbocycles. The van der Waals surface area contributed by atoms with Crippen LogP contribution in [0.4, 0.5) is 21.6 Å². The molecule has 5 heterocycles. The number of rotatable bonds is 15. The van der Waals surface area contributed by atoms with E-state index in [1.165, 1.54) is 43.4 Å². The van der Waals surface area contributed by atoms with Crippen LogP contribution in [0, 0.1) is 5.82 Å². The standard InChI is InChI=1S/C46H49ClFN9O7S/c1-64-37-26-34-31(43(50-27-49-34)51-28-10-11-33(48)32(47)24-28)25-35(37)52-39(58)8-5-16-54-17-14-29(15-18-54)55-19-21-56(22-20-55)41(60)9-2-3-23-65-38-7-4-6-30-42(38)46(63)57(45(30)62)36-12-13-40(59)53-44(36)61/h4-8,10-11,24-27,29,36H,2-3,9,12-23H2,1H3,(H,52,58)(H,49,50,51)(H,53,59,61)/b8-5+. The van der Waals surface area contributed by atoms with Crippen LogP contribution in [0.5, 0.6) is 5.75 Å². The smallest absolute Gasteiger partial charge is 0.263 e. The lowest BCUT2D eigenvalue weighted by Gasteiger charge is -2.42. The minimum Gasteiger partial charge on any atom is -0.494 e. The molecule has 8 rings (SSSR count). The van der Waals surface area contributed by atoms with E-state index in [2.05, 4.69) is 35.7 Å². The molecule has 19 heteroatoms. The van der Waals surface area contributed by atoms with E-state index < -0.39 is 35.5 Å². The SMILES string of the molecule is COc1cc2ncnc(Nc3ccc(F)c(Cl)c3)c2cc1NC(=O)/C=C/CN1CCC(N2CCN(C(=O)CCCCSc3cccc4c3C(=O)N(C3CCC(=O)NC3=O)C4=O)CC2)CC1. The zero-order chi connectivity index (χ0) is 45.6. The number of unbranched alkanes of at least 4 members (excludes halogenated alkanes) is 1. The van der Waals surface area contributed by atoms with E-state index in [0.29, 0.717) is 88.6 Å². The van der Waals surface area contributed by atoms with Gasteiger partial charge in [0.2, 0.25) is 23.6 Å². The van der Waals surface area contributed by atoms with E-state index in [0.717, 1.165) is 50.3 Å². The second-order valence-electron chi connectivity index (χ2n) is 16.3. The molecule has 0 aliphatic carbocycles.